The molecule has 0 fully saturated rings. The molecular formula is C50H80O6. The van der Waals surface area contributed by atoms with Crippen LogP contribution in [0.15, 0.2) is 97.2 Å². The molecule has 0 aromatic rings. The highest BCUT2D eigenvalue weighted by molar-refractivity contribution is 5.72. The number of esters is 3. The number of hydrogen-bond donors (Lipinski definition) is 0. The second-order valence-corrected chi connectivity index (χ2v) is 14.3. The standard InChI is InChI=1S/C50H80O6/c1-4-7-10-13-16-19-21-23-25-27-28-31-34-37-40-43-49(52)55-46-47(45-54-48(51)42-39-36-33-30-18-15-12-9-6-3)56-50(53)44-41-38-35-32-29-26-24-22-20-17-14-11-8-5-2/h7,9-10,12-13,16,18-19,21,23,25,27-28,30,36,39,47H,4-6,8,11,14-15,17,20,22,24,26,29,31-35,37-38,40-46H2,1-3H3/b10-7-,12-9-,16-13-,21-19-,25-23-,28-27-,30-18-,39-36-. The fourth-order valence-corrected chi connectivity index (χ4v) is 5.70. The molecule has 0 aliphatic heterocycles. The Hall–Kier alpha value is -3.67. The van der Waals surface area contributed by atoms with E-state index in [1.54, 1.807) is 6.08 Å². The van der Waals surface area contributed by atoms with Gasteiger partial charge in [0.15, 0.2) is 6.10 Å². The van der Waals surface area contributed by atoms with E-state index >= 15 is 0 Å². The summed E-state index contributed by atoms with van der Waals surface area (Å²) in [5.41, 5.74) is 0. The van der Waals surface area contributed by atoms with Gasteiger partial charge in [-0.15, -0.1) is 0 Å². The molecule has 0 spiro atoms. The van der Waals surface area contributed by atoms with Gasteiger partial charge in [0.05, 0.1) is 6.42 Å². The Balaban J connectivity index is 4.51. The molecule has 6 nitrogen and oxygen atoms in total. The van der Waals surface area contributed by atoms with E-state index in [1.807, 2.05) is 54.7 Å². The van der Waals surface area contributed by atoms with Crippen molar-refractivity contribution in [1.82, 2.24) is 0 Å². The first-order valence-electron chi connectivity index (χ1n) is 22.3. The van der Waals surface area contributed by atoms with E-state index in [1.165, 1.54) is 70.6 Å². The van der Waals surface area contributed by atoms with Gasteiger partial charge in [-0.25, -0.2) is 0 Å². The molecule has 0 aliphatic rings. The summed E-state index contributed by atoms with van der Waals surface area (Å²) >= 11 is 0. The molecule has 6 heteroatoms. The van der Waals surface area contributed by atoms with Crippen LogP contribution >= 0.6 is 0 Å². The largest absolute Gasteiger partial charge is 0.462 e. The van der Waals surface area contributed by atoms with Crippen molar-refractivity contribution in [3.8, 4) is 0 Å². The molecule has 0 bridgehead atoms. The van der Waals surface area contributed by atoms with Crippen LogP contribution in [0, 0.1) is 0 Å². The van der Waals surface area contributed by atoms with Gasteiger partial charge >= 0.3 is 17.9 Å². The first-order valence-corrected chi connectivity index (χ1v) is 22.3. The normalized spacial score (nSPS) is 13.0. The van der Waals surface area contributed by atoms with Gasteiger partial charge in [0, 0.05) is 12.8 Å². The second-order valence-electron chi connectivity index (χ2n) is 14.3. The highest BCUT2D eigenvalue weighted by Crippen LogP contribution is 2.14. The molecule has 0 heterocycles. The van der Waals surface area contributed by atoms with Gasteiger partial charge in [-0.1, -0.05) is 208 Å². The minimum atomic E-state index is -0.827. The van der Waals surface area contributed by atoms with Crippen LogP contribution in [0.3, 0.4) is 0 Å². The van der Waals surface area contributed by atoms with Crippen molar-refractivity contribution < 1.29 is 28.6 Å². The van der Waals surface area contributed by atoms with E-state index in [4.69, 9.17) is 14.2 Å². The fourth-order valence-electron chi connectivity index (χ4n) is 5.70. The van der Waals surface area contributed by atoms with Gasteiger partial charge in [0.25, 0.3) is 0 Å². The van der Waals surface area contributed by atoms with Crippen LogP contribution < -0.4 is 0 Å². The average Bonchev–Trinajstić information content (AvgIpc) is 3.19. The number of ether oxygens (including phenoxy) is 3. The van der Waals surface area contributed by atoms with Crippen molar-refractivity contribution in [1.29, 1.82) is 0 Å². The Morgan fingerprint density at radius 1 is 0.411 bits per heavy atom. The van der Waals surface area contributed by atoms with E-state index in [9.17, 15) is 14.4 Å². The molecule has 0 amide bonds. The lowest BCUT2D eigenvalue weighted by Gasteiger charge is -2.18. The maximum absolute atomic E-state index is 12.7. The van der Waals surface area contributed by atoms with E-state index in [2.05, 4.69) is 57.2 Å². The topological polar surface area (TPSA) is 78.9 Å². The van der Waals surface area contributed by atoms with Gasteiger partial charge in [0.1, 0.15) is 13.2 Å². The van der Waals surface area contributed by atoms with Crippen LogP contribution in [0.4, 0.5) is 0 Å². The zero-order chi connectivity index (χ0) is 40.8. The number of unbranched alkanes of at least 4 members (excludes halogenated alkanes) is 16. The highest BCUT2D eigenvalue weighted by atomic mass is 16.6. The lowest BCUT2D eigenvalue weighted by Crippen LogP contribution is -2.30. The van der Waals surface area contributed by atoms with Crippen LogP contribution in [0.1, 0.15) is 181 Å². The van der Waals surface area contributed by atoms with Crippen molar-refractivity contribution in [2.75, 3.05) is 13.2 Å². The lowest BCUT2D eigenvalue weighted by atomic mass is 10.0. The maximum atomic E-state index is 12.7. The van der Waals surface area contributed by atoms with Gasteiger partial charge in [-0.05, 0) is 51.4 Å². The number of allylic oxidation sites excluding steroid dienone is 15. The minimum Gasteiger partial charge on any atom is -0.462 e. The Kier molecular flexibility index (Phi) is 41.2. The van der Waals surface area contributed by atoms with E-state index in [0.717, 1.165) is 70.6 Å². The Bertz CT molecular complexity index is 1170. The predicted molar refractivity (Wildman–Crippen MR) is 237 cm³/mol. The first-order chi connectivity index (χ1) is 27.5. The third-order valence-corrected chi connectivity index (χ3v) is 8.99. The monoisotopic (exact) mass is 777 g/mol. The summed E-state index contributed by atoms with van der Waals surface area (Å²) in [7, 11) is 0. The summed E-state index contributed by atoms with van der Waals surface area (Å²) < 4.78 is 16.5. The summed E-state index contributed by atoms with van der Waals surface area (Å²) in [6, 6.07) is 0. The molecule has 316 valence electrons. The number of carbonyl (C=O) groups is 3. The molecule has 0 aliphatic carbocycles. The zero-order valence-electron chi connectivity index (χ0n) is 35.9. The summed E-state index contributed by atoms with van der Waals surface area (Å²) in [5, 5.41) is 0. The maximum Gasteiger partial charge on any atom is 0.309 e. The third-order valence-electron chi connectivity index (χ3n) is 8.99. The third kappa shape index (κ3) is 41.5. The smallest absolute Gasteiger partial charge is 0.309 e. The molecule has 1 atom stereocenters. The van der Waals surface area contributed by atoms with Crippen molar-refractivity contribution in [3.63, 3.8) is 0 Å². The Labute approximate surface area is 343 Å². The van der Waals surface area contributed by atoms with Crippen molar-refractivity contribution in [2.45, 2.75) is 187 Å². The lowest BCUT2D eigenvalue weighted by molar-refractivity contribution is -0.166. The second kappa shape index (κ2) is 44.0. The Morgan fingerprint density at radius 3 is 1.39 bits per heavy atom. The SMILES string of the molecule is CC\C=C/C=C\C=C/C=C\C=C/CCCCCC(=O)OCC(COC(=O)C/C=C\C/C=C\C/C=C\CC)OC(=O)CCCCCCCCCCCCCCCC. The molecule has 0 radical (unpaired) electrons. The molecule has 0 saturated heterocycles. The molecule has 1 unspecified atom stereocenters. The highest BCUT2D eigenvalue weighted by Gasteiger charge is 2.19. The Morgan fingerprint density at radius 2 is 0.839 bits per heavy atom. The van der Waals surface area contributed by atoms with Gasteiger partial charge in [0.2, 0.25) is 0 Å². The molecule has 0 N–H and O–H groups in total. The van der Waals surface area contributed by atoms with Crippen LogP contribution in [0.5, 0.6) is 0 Å². The summed E-state index contributed by atoms with van der Waals surface area (Å²) in [6.07, 6.45) is 57.1. The average molecular weight is 777 g/mol. The van der Waals surface area contributed by atoms with Crippen LogP contribution in [0.2, 0.25) is 0 Å². The van der Waals surface area contributed by atoms with Crippen molar-refractivity contribution in [2.24, 2.45) is 0 Å². The van der Waals surface area contributed by atoms with Crippen LogP contribution in [0.25, 0.3) is 0 Å². The van der Waals surface area contributed by atoms with Gasteiger partial charge in [-0.2, -0.15) is 0 Å². The van der Waals surface area contributed by atoms with E-state index in [-0.39, 0.29) is 31.6 Å². The van der Waals surface area contributed by atoms with Crippen LogP contribution in [-0.2, 0) is 28.6 Å². The quantitative estimate of drug-likeness (QED) is 0.0204. The first kappa shape index (κ1) is 52.3. The molecule has 0 saturated carbocycles. The number of carbonyl (C=O) groups excluding carboxylic acids is 3. The van der Waals surface area contributed by atoms with Crippen LogP contribution in [-0.4, -0.2) is 37.2 Å². The van der Waals surface area contributed by atoms with Gasteiger partial charge in [-0.3, -0.25) is 14.4 Å². The molecule has 0 rings (SSSR count). The minimum absolute atomic E-state index is 0.125. The van der Waals surface area contributed by atoms with E-state index in [0.29, 0.717) is 12.8 Å². The van der Waals surface area contributed by atoms with E-state index < -0.39 is 12.1 Å². The predicted octanol–water partition coefficient (Wildman–Crippen LogP) is 14.2. The fraction of sp³-hybridized carbons (Fsp3) is 0.620. The molecule has 0 aromatic heterocycles. The zero-order valence-corrected chi connectivity index (χ0v) is 35.9. The molecule has 0 aromatic carbocycles. The molecule has 56 heavy (non-hydrogen) atoms. The summed E-state index contributed by atoms with van der Waals surface area (Å²) in [5.74, 6) is -1.10. The molecular weight excluding hydrogens is 697 g/mol. The number of rotatable bonds is 38. The van der Waals surface area contributed by atoms with Crippen molar-refractivity contribution >= 4 is 17.9 Å². The summed E-state index contributed by atoms with van der Waals surface area (Å²) in [4.78, 5) is 37.6. The van der Waals surface area contributed by atoms with Gasteiger partial charge < -0.3 is 14.2 Å². The number of hydrogen-bond acceptors (Lipinski definition) is 6. The van der Waals surface area contributed by atoms with Crippen molar-refractivity contribution in [3.05, 3.63) is 97.2 Å². The summed E-state index contributed by atoms with van der Waals surface area (Å²) in [6.45, 7) is 6.21.